The number of ether oxygens (including phenoxy) is 4. The van der Waals surface area contributed by atoms with Gasteiger partial charge in [-0.1, -0.05) is 12.1 Å². The van der Waals surface area contributed by atoms with Gasteiger partial charge < -0.3 is 18.9 Å². The number of benzene rings is 2. The van der Waals surface area contributed by atoms with Gasteiger partial charge >= 0.3 is 11.9 Å². The molecule has 6 heteroatoms. The minimum atomic E-state index is -0.561. The van der Waals surface area contributed by atoms with Gasteiger partial charge in [-0.25, -0.2) is 9.59 Å². The maximum Gasteiger partial charge on any atom is 0.349 e. The monoisotopic (exact) mass is 358 g/mol. The number of aryl methyl sites for hydroxylation is 2. The molecule has 0 N–H and O–H groups in total. The minimum Gasteiger partial charge on any atom is -0.482 e. The lowest BCUT2D eigenvalue weighted by Gasteiger charge is -2.09. The zero-order chi connectivity index (χ0) is 18.9. The summed E-state index contributed by atoms with van der Waals surface area (Å²) in [7, 11) is 1.52. The first-order valence-corrected chi connectivity index (χ1v) is 8.16. The summed E-state index contributed by atoms with van der Waals surface area (Å²) in [6, 6.07) is 11.9. The standard InChI is InChI=1S/C20H22O6/c1-14-9-15(2)11-18(10-14)25-13-19(21)26-17-6-4-5-16(12-17)20(22)24-8-7-23-3/h4-6,9-12H,7-8,13H2,1-3H3. The van der Waals surface area contributed by atoms with Gasteiger partial charge in [-0.05, 0) is 55.3 Å². The topological polar surface area (TPSA) is 71.1 Å². The summed E-state index contributed by atoms with van der Waals surface area (Å²) in [6.07, 6.45) is 0. The highest BCUT2D eigenvalue weighted by Gasteiger charge is 2.11. The summed E-state index contributed by atoms with van der Waals surface area (Å²) in [4.78, 5) is 23.9. The van der Waals surface area contributed by atoms with Crippen molar-refractivity contribution in [3.8, 4) is 11.5 Å². The zero-order valence-electron chi connectivity index (χ0n) is 15.1. The fraction of sp³-hybridized carbons (Fsp3) is 0.300. The Kier molecular flexibility index (Phi) is 7.17. The molecule has 0 saturated carbocycles. The average molecular weight is 358 g/mol. The zero-order valence-corrected chi connectivity index (χ0v) is 15.1. The van der Waals surface area contributed by atoms with Crippen LogP contribution in [0.15, 0.2) is 42.5 Å². The summed E-state index contributed by atoms with van der Waals surface area (Å²) < 4.78 is 20.5. The van der Waals surface area contributed by atoms with E-state index < -0.39 is 11.9 Å². The third kappa shape index (κ3) is 6.22. The van der Waals surface area contributed by atoms with E-state index in [2.05, 4.69) is 0 Å². The predicted molar refractivity (Wildman–Crippen MR) is 95.6 cm³/mol. The van der Waals surface area contributed by atoms with Crippen molar-refractivity contribution in [3.63, 3.8) is 0 Å². The number of carbonyl (C=O) groups excluding carboxylic acids is 2. The first-order valence-electron chi connectivity index (χ1n) is 8.16. The number of carbonyl (C=O) groups is 2. The van der Waals surface area contributed by atoms with E-state index in [4.69, 9.17) is 18.9 Å². The summed E-state index contributed by atoms with van der Waals surface area (Å²) in [5.74, 6) is -0.212. The molecule has 0 aliphatic carbocycles. The Morgan fingerprint density at radius 3 is 2.35 bits per heavy atom. The summed E-state index contributed by atoms with van der Waals surface area (Å²) in [6.45, 7) is 4.15. The van der Waals surface area contributed by atoms with Crippen molar-refractivity contribution in [2.45, 2.75) is 13.8 Å². The Labute approximate surface area is 152 Å². The Morgan fingerprint density at radius 1 is 0.923 bits per heavy atom. The summed E-state index contributed by atoms with van der Waals surface area (Å²) in [5.41, 5.74) is 2.39. The van der Waals surface area contributed by atoms with E-state index in [1.54, 1.807) is 18.2 Å². The van der Waals surface area contributed by atoms with Gasteiger partial charge in [0.2, 0.25) is 0 Å². The van der Waals surface area contributed by atoms with Crippen LogP contribution in [0.5, 0.6) is 11.5 Å². The van der Waals surface area contributed by atoms with E-state index >= 15 is 0 Å². The van der Waals surface area contributed by atoms with Gasteiger partial charge in [-0.3, -0.25) is 0 Å². The number of hydrogen-bond donors (Lipinski definition) is 0. The Balaban J connectivity index is 1.90. The molecule has 0 aliphatic heterocycles. The third-order valence-corrected chi connectivity index (χ3v) is 3.37. The van der Waals surface area contributed by atoms with E-state index in [-0.39, 0.29) is 19.0 Å². The smallest absolute Gasteiger partial charge is 0.349 e. The van der Waals surface area contributed by atoms with Gasteiger partial charge in [-0.2, -0.15) is 0 Å². The van der Waals surface area contributed by atoms with Crippen molar-refractivity contribution in [2.24, 2.45) is 0 Å². The van der Waals surface area contributed by atoms with Gasteiger partial charge in [-0.15, -0.1) is 0 Å². The molecular formula is C20H22O6. The van der Waals surface area contributed by atoms with Crippen LogP contribution in [0.2, 0.25) is 0 Å². The molecule has 2 aromatic rings. The van der Waals surface area contributed by atoms with Crippen LogP contribution in [0.3, 0.4) is 0 Å². The van der Waals surface area contributed by atoms with Crippen molar-refractivity contribution in [1.82, 2.24) is 0 Å². The van der Waals surface area contributed by atoms with Gasteiger partial charge in [0, 0.05) is 7.11 Å². The van der Waals surface area contributed by atoms with Gasteiger partial charge in [0.25, 0.3) is 0 Å². The molecule has 138 valence electrons. The molecule has 0 saturated heterocycles. The number of methoxy groups -OCH3 is 1. The second kappa shape index (κ2) is 9.58. The molecule has 6 nitrogen and oxygen atoms in total. The lowest BCUT2D eigenvalue weighted by Crippen LogP contribution is -2.18. The van der Waals surface area contributed by atoms with Crippen molar-refractivity contribution in [1.29, 1.82) is 0 Å². The molecule has 0 aromatic heterocycles. The van der Waals surface area contributed by atoms with Crippen LogP contribution in [-0.2, 0) is 14.3 Å². The molecule has 0 radical (unpaired) electrons. The molecule has 0 aliphatic rings. The van der Waals surface area contributed by atoms with E-state index in [1.165, 1.54) is 13.2 Å². The van der Waals surface area contributed by atoms with E-state index in [1.807, 2.05) is 32.0 Å². The first kappa shape index (κ1) is 19.5. The van der Waals surface area contributed by atoms with Crippen LogP contribution in [0.1, 0.15) is 21.5 Å². The molecular weight excluding hydrogens is 336 g/mol. The lowest BCUT2D eigenvalue weighted by atomic mass is 10.1. The molecule has 2 rings (SSSR count). The largest absolute Gasteiger partial charge is 0.482 e. The minimum absolute atomic E-state index is 0.156. The van der Waals surface area contributed by atoms with Crippen molar-refractivity contribution in [3.05, 3.63) is 59.2 Å². The highest BCUT2D eigenvalue weighted by atomic mass is 16.6. The maximum absolute atomic E-state index is 12.0. The molecule has 0 atom stereocenters. The highest BCUT2D eigenvalue weighted by molar-refractivity contribution is 5.90. The molecule has 0 unspecified atom stereocenters. The first-order chi connectivity index (χ1) is 12.5. The Hall–Kier alpha value is -2.86. The number of rotatable bonds is 8. The molecule has 0 amide bonds. The summed E-state index contributed by atoms with van der Waals surface area (Å²) in [5, 5.41) is 0. The fourth-order valence-corrected chi connectivity index (χ4v) is 2.31. The second-order valence-electron chi connectivity index (χ2n) is 5.74. The van der Waals surface area contributed by atoms with Gasteiger partial charge in [0.15, 0.2) is 6.61 Å². The fourth-order valence-electron chi connectivity index (χ4n) is 2.31. The molecule has 26 heavy (non-hydrogen) atoms. The van der Waals surface area contributed by atoms with Crippen LogP contribution in [0, 0.1) is 13.8 Å². The highest BCUT2D eigenvalue weighted by Crippen LogP contribution is 2.17. The Morgan fingerprint density at radius 2 is 1.65 bits per heavy atom. The van der Waals surface area contributed by atoms with Crippen LogP contribution >= 0.6 is 0 Å². The van der Waals surface area contributed by atoms with Crippen molar-refractivity contribution < 1.29 is 28.5 Å². The molecule has 0 spiro atoms. The SMILES string of the molecule is COCCOC(=O)c1cccc(OC(=O)COc2cc(C)cc(C)c2)c1. The molecule has 0 bridgehead atoms. The Bertz CT molecular complexity index is 748. The lowest BCUT2D eigenvalue weighted by molar-refractivity contribution is -0.136. The number of esters is 2. The van der Waals surface area contributed by atoms with Crippen molar-refractivity contribution >= 4 is 11.9 Å². The molecule has 0 heterocycles. The quantitative estimate of drug-likeness (QED) is 0.410. The van der Waals surface area contributed by atoms with Crippen LogP contribution in [0.25, 0.3) is 0 Å². The molecule has 0 fully saturated rings. The maximum atomic E-state index is 12.0. The van der Waals surface area contributed by atoms with Crippen LogP contribution in [-0.4, -0.2) is 38.9 Å². The van der Waals surface area contributed by atoms with E-state index in [0.717, 1.165) is 11.1 Å². The normalized spacial score (nSPS) is 10.3. The van der Waals surface area contributed by atoms with Gasteiger partial charge in [0.05, 0.1) is 12.2 Å². The van der Waals surface area contributed by atoms with E-state index in [9.17, 15) is 9.59 Å². The van der Waals surface area contributed by atoms with Crippen molar-refractivity contribution in [2.75, 3.05) is 26.9 Å². The average Bonchev–Trinajstić information content (AvgIpc) is 2.59. The predicted octanol–water partition coefficient (Wildman–Crippen LogP) is 3.09. The third-order valence-electron chi connectivity index (χ3n) is 3.37. The second-order valence-corrected chi connectivity index (χ2v) is 5.74. The summed E-state index contributed by atoms with van der Waals surface area (Å²) >= 11 is 0. The van der Waals surface area contributed by atoms with E-state index in [0.29, 0.717) is 17.9 Å². The molecule has 2 aromatic carbocycles. The van der Waals surface area contributed by atoms with Gasteiger partial charge in [0.1, 0.15) is 18.1 Å². The number of hydrogen-bond acceptors (Lipinski definition) is 6. The van der Waals surface area contributed by atoms with Crippen LogP contribution in [0.4, 0.5) is 0 Å². The van der Waals surface area contributed by atoms with Crippen LogP contribution < -0.4 is 9.47 Å².